The zero-order valence-electron chi connectivity index (χ0n) is 7.86. The summed E-state index contributed by atoms with van der Waals surface area (Å²) in [6.45, 7) is 6.08. The molecule has 0 amide bonds. The normalized spacial score (nSPS) is 9.27. The van der Waals surface area contributed by atoms with Crippen LogP contribution in [0.5, 0.6) is 0 Å². The Labute approximate surface area is 91.3 Å². The molecule has 11 heavy (non-hydrogen) atoms. The van der Waals surface area contributed by atoms with Crippen LogP contribution in [-0.2, 0) is 26.2 Å². The van der Waals surface area contributed by atoms with Crippen LogP contribution in [0, 0.1) is 6.92 Å². The van der Waals surface area contributed by atoms with Crippen LogP contribution in [-0.4, -0.2) is 0 Å². The summed E-state index contributed by atoms with van der Waals surface area (Å²) >= 11 is 0. The van der Waals surface area contributed by atoms with Gasteiger partial charge in [0.05, 0.1) is 0 Å². The van der Waals surface area contributed by atoms with Crippen LogP contribution in [0.15, 0.2) is 0 Å². The fourth-order valence-corrected chi connectivity index (χ4v) is 1.13. The van der Waals surface area contributed by atoms with Gasteiger partial charge in [-0.15, -0.1) is 0 Å². The van der Waals surface area contributed by atoms with Gasteiger partial charge >= 0.3 is 0 Å². The monoisotopic (exact) mass is 231 g/mol. The minimum absolute atomic E-state index is 0. The predicted molar refractivity (Wildman–Crippen MR) is 48.0 cm³/mol. The first-order valence-electron chi connectivity index (χ1n) is 4.71. The molecule has 0 fully saturated rings. The summed E-state index contributed by atoms with van der Waals surface area (Å²) in [4.78, 5) is 0. The zero-order chi connectivity index (χ0) is 7.66. The van der Waals surface area contributed by atoms with Gasteiger partial charge in [-0.3, -0.25) is 0 Å². The van der Waals surface area contributed by atoms with Gasteiger partial charge in [0.15, 0.2) is 0 Å². The number of rotatable bonds is 7. The van der Waals surface area contributed by atoms with Crippen LogP contribution in [0.3, 0.4) is 0 Å². The smallest absolute Gasteiger partial charge is 0 e. The number of unbranched alkanes of at least 4 members (excludes halogenated alkanes) is 7. The molecule has 0 spiro atoms. The fourth-order valence-electron chi connectivity index (χ4n) is 1.13. The van der Waals surface area contributed by atoms with Crippen LogP contribution < -0.4 is 0 Å². The molecule has 0 unspecified atom stereocenters. The van der Waals surface area contributed by atoms with Crippen molar-refractivity contribution in [3.8, 4) is 0 Å². The fraction of sp³-hybridized carbons (Fsp3) is 0.900. The molecule has 0 aromatic heterocycles. The summed E-state index contributed by atoms with van der Waals surface area (Å²) in [6.07, 6.45) is 10.9. The van der Waals surface area contributed by atoms with E-state index < -0.39 is 0 Å². The third-order valence-electron chi connectivity index (χ3n) is 1.85. The summed E-state index contributed by atoms with van der Waals surface area (Å²) < 4.78 is 0. The van der Waals surface area contributed by atoms with Crippen molar-refractivity contribution in [3.63, 3.8) is 0 Å². The van der Waals surface area contributed by atoms with Gasteiger partial charge in [0.2, 0.25) is 0 Å². The first-order chi connectivity index (χ1) is 4.91. The van der Waals surface area contributed by atoms with Crippen LogP contribution in [0.1, 0.15) is 58.3 Å². The summed E-state index contributed by atoms with van der Waals surface area (Å²) in [5.41, 5.74) is 0. The Hall–Kier alpha value is 0.883. The standard InChI is InChI=1S/C10H21.Zr/c1-3-5-7-9-10-8-6-4-2;/h1,3-10H2,2H3;/q-1;. The molecule has 0 aliphatic carbocycles. The zero-order valence-corrected chi connectivity index (χ0v) is 10.3. The molecule has 0 N–H and O–H groups in total. The Balaban J connectivity index is 0. The predicted octanol–water partition coefficient (Wildman–Crippen LogP) is 3.96. The van der Waals surface area contributed by atoms with Crippen molar-refractivity contribution in [1.82, 2.24) is 0 Å². The van der Waals surface area contributed by atoms with Gasteiger partial charge in [0.25, 0.3) is 0 Å². The van der Waals surface area contributed by atoms with E-state index in [1.807, 2.05) is 0 Å². The largest absolute Gasteiger partial charge is 0.343 e. The molecule has 1 heteroatoms. The van der Waals surface area contributed by atoms with Gasteiger partial charge in [-0.05, 0) is 0 Å². The third-order valence-corrected chi connectivity index (χ3v) is 1.85. The summed E-state index contributed by atoms with van der Waals surface area (Å²) in [5.74, 6) is 0. The second-order valence-electron chi connectivity index (χ2n) is 2.97. The molecular formula is C10H21Zr-. The van der Waals surface area contributed by atoms with Crippen LogP contribution in [0.25, 0.3) is 0 Å². The maximum absolute atomic E-state index is 3.82. The van der Waals surface area contributed by atoms with E-state index in [1.165, 1.54) is 44.9 Å². The first kappa shape index (κ1) is 14.4. The second-order valence-corrected chi connectivity index (χ2v) is 2.97. The van der Waals surface area contributed by atoms with Gasteiger partial charge in [-0.25, -0.2) is 0 Å². The van der Waals surface area contributed by atoms with Crippen LogP contribution in [0.4, 0.5) is 0 Å². The van der Waals surface area contributed by atoms with Gasteiger partial charge in [0.1, 0.15) is 0 Å². The minimum Gasteiger partial charge on any atom is -0.343 e. The van der Waals surface area contributed by atoms with Gasteiger partial charge < -0.3 is 6.92 Å². The Morgan fingerprint density at radius 3 is 1.73 bits per heavy atom. The average molecular weight is 233 g/mol. The molecule has 0 saturated carbocycles. The van der Waals surface area contributed by atoms with E-state index in [9.17, 15) is 0 Å². The maximum Gasteiger partial charge on any atom is 0 e. The van der Waals surface area contributed by atoms with Gasteiger partial charge in [-0.1, -0.05) is 51.9 Å². The molecule has 0 atom stereocenters. The molecule has 0 rings (SSSR count). The summed E-state index contributed by atoms with van der Waals surface area (Å²) in [6, 6.07) is 0. The molecule has 0 aliphatic rings. The molecule has 0 saturated heterocycles. The van der Waals surface area contributed by atoms with E-state index in [1.54, 1.807) is 0 Å². The molecule has 0 radical (unpaired) electrons. The first-order valence-corrected chi connectivity index (χ1v) is 4.71. The van der Waals surface area contributed by atoms with Crippen LogP contribution in [0.2, 0.25) is 0 Å². The Morgan fingerprint density at radius 2 is 1.27 bits per heavy atom. The molecule has 66 valence electrons. The second kappa shape index (κ2) is 13.5. The van der Waals surface area contributed by atoms with Crippen LogP contribution >= 0.6 is 0 Å². The van der Waals surface area contributed by atoms with Crippen molar-refractivity contribution in [2.45, 2.75) is 58.3 Å². The average Bonchev–Trinajstić information content (AvgIpc) is 1.97. The molecular weight excluding hydrogens is 211 g/mol. The van der Waals surface area contributed by atoms with E-state index in [2.05, 4.69) is 13.8 Å². The molecule has 0 bridgehead atoms. The van der Waals surface area contributed by atoms with Crippen molar-refractivity contribution in [2.24, 2.45) is 0 Å². The molecule has 0 aliphatic heterocycles. The van der Waals surface area contributed by atoms with Gasteiger partial charge in [0, 0.05) is 26.2 Å². The van der Waals surface area contributed by atoms with Crippen molar-refractivity contribution < 1.29 is 26.2 Å². The van der Waals surface area contributed by atoms with E-state index in [0.717, 1.165) is 6.42 Å². The molecule has 0 nitrogen and oxygen atoms in total. The topological polar surface area (TPSA) is 0 Å². The molecule has 0 aromatic carbocycles. The van der Waals surface area contributed by atoms with E-state index in [0.29, 0.717) is 0 Å². The summed E-state index contributed by atoms with van der Waals surface area (Å²) in [7, 11) is 0. The van der Waals surface area contributed by atoms with E-state index >= 15 is 0 Å². The third kappa shape index (κ3) is 13.8. The van der Waals surface area contributed by atoms with Gasteiger partial charge in [-0.2, -0.15) is 6.42 Å². The Kier molecular flexibility index (Phi) is 17.6. The minimum atomic E-state index is 0. The van der Waals surface area contributed by atoms with Crippen molar-refractivity contribution in [2.75, 3.05) is 0 Å². The van der Waals surface area contributed by atoms with Crippen molar-refractivity contribution in [1.29, 1.82) is 0 Å². The molecule has 0 aromatic rings. The SMILES string of the molecule is [CH2-]CCCCCCCCC.[Zr]. The summed E-state index contributed by atoms with van der Waals surface area (Å²) in [5, 5.41) is 0. The number of hydrogen-bond donors (Lipinski definition) is 0. The Morgan fingerprint density at radius 1 is 0.818 bits per heavy atom. The quantitative estimate of drug-likeness (QED) is 0.460. The number of hydrogen-bond acceptors (Lipinski definition) is 0. The van der Waals surface area contributed by atoms with E-state index in [-0.39, 0.29) is 26.2 Å². The van der Waals surface area contributed by atoms with Crippen molar-refractivity contribution >= 4 is 0 Å². The Bertz CT molecular complexity index is 44.8. The maximum atomic E-state index is 3.82. The van der Waals surface area contributed by atoms with Crippen molar-refractivity contribution in [3.05, 3.63) is 6.92 Å². The van der Waals surface area contributed by atoms with E-state index in [4.69, 9.17) is 0 Å². The molecule has 0 heterocycles.